The van der Waals surface area contributed by atoms with Gasteiger partial charge in [-0.2, -0.15) is 0 Å². The molecular weight excluding hydrogens is 255 g/mol. The second-order valence-corrected chi connectivity index (χ2v) is 5.89. The molecule has 1 heterocycles. The highest BCUT2D eigenvalue weighted by Crippen LogP contribution is 2.30. The topological polar surface area (TPSA) is 32.3 Å². The molecule has 2 fully saturated rings. The number of carbonyl (C=O) groups excluding carboxylic acids is 1. The van der Waals surface area contributed by atoms with E-state index in [0.717, 1.165) is 45.3 Å². The number of benzene rings is 1. The normalized spacial score (nSPS) is 19.9. The lowest BCUT2D eigenvalue weighted by Crippen LogP contribution is -2.40. The maximum atomic E-state index is 13.0. The molecule has 108 valence electrons. The Morgan fingerprint density at radius 2 is 1.80 bits per heavy atom. The number of hydrogen-bond acceptors (Lipinski definition) is 2. The molecule has 0 bridgehead atoms. The average molecular weight is 276 g/mol. The fourth-order valence-electron chi connectivity index (χ4n) is 2.88. The molecular formula is C16H21FN2O. The van der Waals surface area contributed by atoms with E-state index in [-0.39, 0.29) is 11.7 Å². The van der Waals surface area contributed by atoms with Crippen molar-refractivity contribution in [3.8, 4) is 0 Å². The minimum atomic E-state index is -0.294. The van der Waals surface area contributed by atoms with Crippen LogP contribution in [0, 0.1) is 11.7 Å². The van der Waals surface area contributed by atoms with Gasteiger partial charge in [0.05, 0.1) is 0 Å². The van der Waals surface area contributed by atoms with Gasteiger partial charge < -0.3 is 10.2 Å². The van der Waals surface area contributed by atoms with E-state index >= 15 is 0 Å². The van der Waals surface area contributed by atoms with Crippen LogP contribution >= 0.6 is 0 Å². The Morgan fingerprint density at radius 3 is 2.40 bits per heavy atom. The third-order valence-corrected chi connectivity index (χ3v) is 4.25. The molecule has 1 aliphatic carbocycles. The molecule has 0 unspecified atom stereocenters. The van der Waals surface area contributed by atoms with Crippen LogP contribution in [0.4, 0.5) is 4.39 Å². The van der Waals surface area contributed by atoms with Gasteiger partial charge in [-0.25, -0.2) is 4.39 Å². The van der Waals surface area contributed by atoms with Crippen LogP contribution in [0.15, 0.2) is 24.3 Å². The molecule has 3 nitrogen and oxygen atoms in total. The molecule has 1 saturated carbocycles. The van der Waals surface area contributed by atoms with Crippen molar-refractivity contribution >= 4 is 5.91 Å². The second-order valence-electron chi connectivity index (χ2n) is 5.89. The first kappa shape index (κ1) is 13.6. The van der Waals surface area contributed by atoms with Crippen molar-refractivity contribution in [1.82, 2.24) is 10.2 Å². The van der Waals surface area contributed by atoms with Crippen LogP contribution in [-0.4, -0.2) is 36.5 Å². The Balaban J connectivity index is 1.69. The zero-order valence-corrected chi connectivity index (χ0v) is 11.6. The van der Waals surface area contributed by atoms with Crippen molar-refractivity contribution in [1.29, 1.82) is 0 Å². The standard InChI is InChI=1S/C16H21FN2O/c17-14-3-1-13(2-4-14)16(20)19(15-5-6-15)11-12-7-9-18-10-8-12/h1-4,12,15,18H,5-11H2. The Hall–Kier alpha value is -1.42. The van der Waals surface area contributed by atoms with Gasteiger partial charge in [0.1, 0.15) is 5.82 Å². The van der Waals surface area contributed by atoms with E-state index in [9.17, 15) is 9.18 Å². The van der Waals surface area contributed by atoms with Gasteiger partial charge in [-0.3, -0.25) is 4.79 Å². The summed E-state index contributed by atoms with van der Waals surface area (Å²) in [5, 5.41) is 3.35. The lowest BCUT2D eigenvalue weighted by Gasteiger charge is -2.30. The van der Waals surface area contributed by atoms with Gasteiger partial charge in [-0.1, -0.05) is 0 Å². The predicted molar refractivity (Wildman–Crippen MR) is 76.1 cm³/mol. The molecule has 2 aliphatic rings. The van der Waals surface area contributed by atoms with Gasteiger partial charge in [0.15, 0.2) is 0 Å². The lowest BCUT2D eigenvalue weighted by molar-refractivity contribution is 0.0701. The van der Waals surface area contributed by atoms with Crippen LogP contribution in [0.25, 0.3) is 0 Å². The summed E-state index contributed by atoms with van der Waals surface area (Å²) in [5.74, 6) is 0.366. The SMILES string of the molecule is O=C(c1ccc(F)cc1)N(CC1CCNCC1)C1CC1. The Morgan fingerprint density at radius 1 is 1.15 bits per heavy atom. The highest BCUT2D eigenvalue weighted by molar-refractivity contribution is 5.94. The molecule has 1 saturated heterocycles. The highest BCUT2D eigenvalue weighted by atomic mass is 19.1. The zero-order chi connectivity index (χ0) is 13.9. The summed E-state index contributed by atoms with van der Waals surface area (Å²) in [6.45, 7) is 2.95. The van der Waals surface area contributed by atoms with Crippen LogP contribution in [-0.2, 0) is 0 Å². The fourth-order valence-corrected chi connectivity index (χ4v) is 2.88. The van der Waals surface area contributed by atoms with Crippen LogP contribution < -0.4 is 5.32 Å². The van der Waals surface area contributed by atoms with Crippen LogP contribution in [0.3, 0.4) is 0 Å². The largest absolute Gasteiger partial charge is 0.335 e. The van der Waals surface area contributed by atoms with E-state index in [2.05, 4.69) is 5.32 Å². The Kier molecular flexibility index (Phi) is 4.01. The number of carbonyl (C=O) groups is 1. The second kappa shape index (κ2) is 5.92. The molecule has 0 atom stereocenters. The first-order chi connectivity index (χ1) is 9.74. The van der Waals surface area contributed by atoms with Gasteiger partial charge in [0.2, 0.25) is 0 Å². The van der Waals surface area contributed by atoms with E-state index < -0.39 is 0 Å². The summed E-state index contributed by atoms with van der Waals surface area (Å²) in [7, 11) is 0. The molecule has 0 aromatic heterocycles. The molecule has 1 aliphatic heterocycles. The number of nitrogens with one attached hydrogen (secondary N) is 1. The smallest absolute Gasteiger partial charge is 0.254 e. The lowest BCUT2D eigenvalue weighted by atomic mass is 9.97. The fraction of sp³-hybridized carbons (Fsp3) is 0.562. The van der Waals surface area contributed by atoms with E-state index in [4.69, 9.17) is 0 Å². The maximum Gasteiger partial charge on any atom is 0.254 e. The van der Waals surface area contributed by atoms with E-state index in [1.165, 1.54) is 12.1 Å². The number of halogens is 1. The van der Waals surface area contributed by atoms with Crippen LogP contribution in [0.1, 0.15) is 36.0 Å². The molecule has 0 spiro atoms. The predicted octanol–water partition coefficient (Wildman–Crippen LogP) is 2.43. The molecule has 1 amide bonds. The van der Waals surface area contributed by atoms with Gasteiger partial charge in [0, 0.05) is 18.2 Å². The number of nitrogens with zero attached hydrogens (tertiary/aromatic N) is 1. The van der Waals surface area contributed by atoms with Crippen molar-refractivity contribution in [2.45, 2.75) is 31.7 Å². The minimum Gasteiger partial charge on any atom is -0.335 e. The zero-order valence-electron chi connectivity index (χ0n) is 11.6. The van der Waals surface area contributed by atoms with Gasteiger partial charge >= 0.3 is 0 Å². The number of amides is 1. The average Bonchev–Trinajstić information content (AvgIpc) is 3.30. The summed E-state index contributed by atoms with van der Waals surface area (Å²) in [4.78, 5) is 14.6. The molecule has 20 heavy (non-hydrogen) atoms. The van der Waals surface area contributed by atoms with Gasteiger partial charge in [0.25, 0.3) is 5.91 Å². The number of piperidine rings is 1. The molecule has 1 N–H and O–H groups in total. The summed E-state index contributed by atoms with van der Waals surface area (Å²) in [6, 6.07) is 6.32. The monoisotopic (exact) mass is 276 g/mol. The van der Waals surface area contributed by atoms with Gasteiger partial charge in [-0.15, -0.1) is 0 Å². The van der Waals surface area contributed by atoms with E-state index in [1.807, 2.05) is 4.90 Å². The molecule has 1 aromatic rings. The molecule has 1 aromatic carbocycles. The third kappa shape index (κ3) is 3.18. The van der Waals surface area contributed by atoms with Crippen molar-refractivity contribution in [2.24, 2.45) is 5.92 Å². The van der Waals surface area contributed by atoms with Crippen LogP contribution in [0.2, 0.25) is 0 Å². The Labute approximate surface area is 119 Å². The van der Waals surface area contributed by atoms with Crippen molar-refractivity contribution in [3.05, 3.63) is 35.6 Å². The van der Waals surface area contributed by atoms with Crippen molar-refractivity contribution < 1.29 is 9.18 Å². The molecule has 3 rings (SSSR count). The third-order valence-electron chi connectivity index (χ3n) is 4.25. The summed E-state index contributed by atoms with van der Waals surface area (Å²) in [5.41, 5.74) is 0.604. The first-order valence-corrected chi connectivity index (χ1v) is 7.51. The van der Waals surface area contributed by atoms with E-state index in [0.29, 0.717) is 17.5 Å². The first-order valence-electron chi connectivity index (χ1n) is 7.51. The van der Waals surface area contributed by atoms with Crippen molar-refractivity contribution in [3.63, 3.8) is 0 Å². The van der Waals surface area contributed by atoms with E-state index in [1.54, 1.807) is 12.1 Å². The summed E-state index contributed by atoms with van der Waals surface area (Å²) in [6.07, 6.45) is 4.50. The van der Waals surface area contributed by atoms with Gasteiger partial charge in [-0.05, 0) is 69.0 Å². The van der Waals surface area contributed by atoms with Crippen molar-refractivity contribution in [2.75, 3.05) is 19.6 Å². The molecule has 4 heteroatoms. The number of hydrogen-bond donors (Lipinski definition) is 1. The maximum absolute atomic E-state index is 13.0. The highest BCUT2D eigenvalue weighted by Gasteiger charge is 2.34. The molecule has 0 radical (unpaired) electrons. The van der Waals surface area contributed by atoms with Crippen LogP contribution in [0.5, 0.6) is 0 Å². The number of rotatable bonds is 4. The summed E-state index contributed by atoms with van der Waals surface area (Å²) < 4.78 is 13.0. The Bertz CT molecular complexity index is 464. The summed E-state index contributed by atoms with van der Waals surface area (Å²) >= 11 is 0. The minimum absolute atomic E-state index is 0.0611. The quantitative estimate of drug-likeness (QED) is 0.916.